The summed E-state index contributed by atoms with van der Waals surface area (Å²) in [6, 6.07) is 8.98. The van der Waals surface area contributed by atoms with Crippen molar-refractivity contribution in [1.29, 1.82) is 0 Å². The molecule has 3 heterocycles. The van der Waals surface area contributed by atoms with E-state index >= 15 is 0 Å². The number of fused-ring (bicyclic) bond motifs is 3. The van der Waals surface area contributed by atoms with Gasteiger partial charge in [0.1, 0.15) is 0 Å². The number of rotatable bonds is 1. The van der Waals surface area contributed by atoms with Gasteiger partial charge in [-0.15, -0.1) is 5.10 Å². The number of halogens is 1. The number of nitrogens with two attached hydrogens (primary N) is 1. The molecule has 0 aliphatic heterocycles. The third kappa shape index (κ3) is 1.48. The molecule has 0 amide bonds. The first-order valence-corrected chi connectivity index (χ1v) is 6.26. The Hall–Kier alpha value is -2.60. The summed E-state index contributed by atoms with van der Waals surface area (Å²) in [6.07, 6.45) is 1.56. The predicted molar refractivity (Wildman–Crippen MR) is 75.4 cm³/mol. The molecule has 0 bridgehead atoms. The molecule has 4 rings (SSSR count). The Morgan fingerprint density at radius 3 is 2.85 bits per heavy atom. The maximum Gasteiger partial charge on any atom is 0.223 e. The quantitative estimate of drug-likeness (QED) is 0.581. The zero-order chi connectivity index (χ0) is 13.7. The summed E-state index contributed by atoms with van der Waals surface area (Å²) in [5.41, 5.74) is 7.16. The Labute approximate surface area is 117 Å². The van der Waals surface area contributed by atoms with Crippen molar-refractivity contribution in [3.8, 4) is 11.6 Å². The highest BCUT2D eigenvalue weighted by molar-refractivity contribution is 6.36. The molecule has 0 spiro atoms. The lowest BCUT2D eigenvalue weighted by Gasteiger charge is -2.03. The average Bonchev–Trinajstić information content (AvgIpc) is 3.08. The molecular formula is C13H8ClN5O. The minimum absolute atomic E-state index is 0.250. The number of benzene rings is 1. The fraction of sp³-hybridized carbons (Fsp3) is 0. The van der Waals surface area contributed by atoms with Crippen molar-refractivity contribution < 1.29 is 4.42 Å². The molecule has 0 unspecified atom stereocenters. The van der Waals surface area contributed by atoms with Crippen LogP contribution in [0.25, 0.3) is 28.1 Å². The van der Waals surface area contributed by atoms with Gasteiger partial charge in [-0.2, -0.15) is 4.52 Å². The van der Waals surface area contributed by atoms with Crippen molar-refractivity contribution >= 4 is 34.1 Å². The third-order valence-electron chi connectivity index (χ3n) is 3.02. The summed E-state index contributed by atoms with van der Waals surface area (Å²) in [5.74, 6) is 1.25. The molecule has 0 atom stereocenters. The first-order chi connectivity index (χ1) is 9.74. The fourth-order valence-corrected chi connectivity index (χ4v) is 2.40. The van der Waals surface area contributed by atoms with E-state index in [1.807, 2.05) is 12.1 Å². The van der Waals surface area contributed by atoms with Crippen molar-refractivity contribution in [2.45, 2.75) is 0 Å². The van der Waals surface area contributed by atoms with Gasteiger partial charge in [-0.1, -0.05) is 17.7 Å². The third-order valence-corrected chi connectivity index (χ3v) is 3.33. The van der Waals surface area contributed by atoms with E-state index in [1.54, 1.807) is 24.5 Å². The second kappa shape index (κ2) is 3.94. The van der Waals surface area contributed by atoms with Gasteiger partial charge < -0.3 is 10.2 Å². The molecule has 0 aliphatic carbocycles. The second-order valence-electron chi connectivity index (χ2n) is 4.25. The largest absolute Gasteiger partial charge is 0.461 e. The minimum atomic E-state index is 0.250. The Balaban J connectivity index is 2.15. The highest BCUT2D eigenvalue weighted by Gasteiger charge is 2.15. The monoisotopic (exact) mass is 285 g/mol. The molecule has 0 saturated carbocycles. The summed E-state index contributed by atoms with van der Waals surface area (Å²) in [4.78, 5) is 8.74. The number of nitrogen functional groups attached to an aromatic ring is 1. The van der Waals surface area contributed by atoms with Crippen LogP contribution in [-0.4, -0.2) is 19.6 Å². The maximum absolute atomic E-state index is 6.24. The lowest BCUT2D eigenvalue weighted by atomic mass is 10.2. The number of anilines is 1. The summed E-state index contributed by atoms with van der Waals surface area (Å²) in [6.45, 7) is 0. The van der Waals surface area contributed by atoms with Gasteiger partial charge in [-0.25, -0.2) is 9.97 Å². The predicted octanol–water partition coefficient (Wildman–Crippen LogP) is 2.77. The Kier molecular flexibility index (Phi) is 2.22. The van der Waals surface area contributed by atoms with Crippen LogP contribution in [0.3, 0.4) is 0 Å². The van der Waals surface area contributed by atoms with Gasteiger partial charge in [-0.3, -0.25) is 0 Å². The minimum Gasteiger partial charge on any atom is -0.461 e. The van der Waals surface area contributed by atoms with E-state index in [4.69, 9.17) is 21.8 Å². The summed E-state index contributed by atoms with van der Waals surface area (Å²) >= 11 is 6.24. The van der Waals surface area contributed by atoms with Gasteiger partial charge in [0.05, 0.1) is 22.2 Å². The van der Waals surface area contributed by atoms with Crippen molar-refractivity contribution in [3.63, 3.8) is 0 Å². The van der Waals surface area contributed by atoms with E-state index in [-0.39, 0.29) is 5.95 Å². The molecule has 20 heavy (non-hydrogen) atoms. The summed E-state index contributed by atoms with van der Waals surface area (Å²) in [7, 11) is 0. The zero-order valence-corrected chi connectivity index (χ0v) is 10.9. The Morgan fingerprint density at radius 1 is 1.15 bits per heavy atom. The SMILES string of the molecule is Nc1nc2cccc(Cl)c2c2nc(-c3ccco3)nn12. The van der Waals surface area contributed by atoms with E-state index in [9.17, 15) is 0 Å². The van der Waals surface area contributed by atoms with Crippen LogP contribution in [0, 0.1) is 0 Å². The standard InChI is InChI=1S/C13H8ClN5O/c14-7-3-1-4-8-10(7)12-17-11(9-5-2-6-20-9)18-19(12)13(15)16-8/h1-6H,(H2,15,16). The van der Waals surface area contributed by atoms with Crippen LogP contribution in [0.15, 0.2) is 41.0 Å². The van der Waals surface area contributed by atoms with E-state index in [0.717, 1.165) is 0 Å². The van der Waals surface area contributed by atoms with Crippen LogP contribution in [0.1, 0.15) is 0 Å². The van der Waals surface area contributed by atoms with Crippen LogP contribution in [0.4, 0.5) is 5.95 Å². The molecule has 6 nitrogen and oxygen atoms in total. The van der Waals surface area contributed by atoms with Crippen LogP contribution < -0.4 is 5.73 Å². The van der Waals surface area contributed by atoms with Crippen molar-refractivity contribution in [3.05, 3.63) is 41.6 Å². The second-order valence-corrected chi connectivity index (χ2v) is 4.66. The molecule has 98 valence electrons. The van der Waals surface area contributed by atoms with Crippen LogP contribution in [0.5, 0.6) is 0 Å². The van der Waals surface area contributed by atoms with Gasteiger partial charge in [0, 0.05) is 0 Å². The molecule has 1 aromatic carbocycles. The van der Waals surface area contributed by atoms with E-state index < -0.39 is 0 Å². The molecule has 3 aromatic heterocycles. The van der Waals surface area contributed by atoms with Gasteiger partial charge in [-0.05, 0) is 24.3 Å². The van der Waals surface area contributed by atoms with E-state index in [1.165, 1.54) is 4.52 Å². The van der Waals surface area contributed by atoms with Crippen LogP contribution in [0.2, 0.25) is 5.02 Å². The van der Waals surface area contributed by atoms with Crippen LogP contribution in [-0.2, 0) is 0 Å². The first kappa shape index (κ1) is 11.2. The van der Waals surface area contributed by atoms with Crippen molar-refractivity contribution in [2.75, 3.05) is 5.73 Å². The summed E-state index contributed by atoms with van der Waals surface area (Å²) < 4.78 is 6.76. The molecule has 0 saturated heterocycles. The van der Waals surface area contributed by atoms with Crippen molar-refractivity contribution in [1.82, 2.24) is 19.6 Å². The molecule has 2 N–H and O–H groups in total. The smallest absolute Gasteiger partial charge is 0.223 e. The van der Waals surface area contributed by atoms with E-state index in [0.29, 0.717) is 33.2 Å². The Bertz CT molecular complexity index is 929. The van der Waals surface area contributed by atoms with Gasteiger partial charge in [0.15, 0.2) is 11.4 Å². The van der Waals surface area contributed by atoms with Gasteiger partial charge in [0.25, 0.3) is 0 Å². The van der Waals surface area contributed by atoms with Crippen molar-refractivity contribution in [2.24, 2.45) is 0 Å². The molecule has 0 radical (unpaired) electrons. The normalized spacial score (nSPS) is 11.4. The topological polar surface area (TPSA) is 82.2 Å². The molecule has 0 aliphatic rings. The lowest BCUT2D eigenvalue weighted by Crippen LogP contribution is -2.02. The maximum atomic E-state index is 6.24. The Morgan fingerprint density at radius 2 is 2.05 bits per heavy atom. The zero-order valence-electron chi connectivity index (χ0n) is 10.1. The van der Waals surface area contributed by atoms with Gasteiger partial charge in [0.2, 0.25) is 11.8 Å². The number of nitrogens with zero attached hydrogens (tertiary/aromatic N) is 4. The highest BCUT2D eigenvalue weighted by atomic mass is 35.5. The number of aromatic nitrogens is 4. The number of furan rings is 1. The summed E-state index contributed by atoms with van der Waals surface area (Å²) in [5, 5.41) is 5.58. The first-order valence-electron chi connectivity index (χ1n) is 5.88. The molecule has 0 fully saturated rings. The lowest BCUT2D eigenvalue weighted by molar-refractivity contribution is 0.577. The number of hydrogen-bond acceptors (Lipinski definition) is 5. The molecule has 7 heteroatoms. The molecule has 4 aromatic rings. The van der Waals surface area contributed by atoms with Crippen LogP contribution >= 0.6 is 11.6 Å². The van der Waals surface area contributed by atoms with E-state index in [2.05, 4.69) is 15.1 Å². The fourth-order valence-electron chi connectivity index (χ4n) is 2.14. The average molecular weight is 286 g/mol. The van der Waals surface area contributed by atoms with Gasteiger partial charge >= 0.3 is 0 Å². The highest BCUT2D eigenvalue weighted by Crippen LogP contribution is 2.28. The number of hydrogen-bond donors (Lipinski definition) is 1. The molecular weight excluding hydrogens is 278 g/mol.